The SMILES string of the molecule is CC(=O)c1ccc(C(=O)N2CCN(c3cccc(Cl)c3)CC2)[nH]1. The Kier molecular flexibility index (Phi) is 4.39. The predicted octanol–water partition coefficient (Wildman–Crippen LogP) is 2.83. The number of anilines is 1. The zero-order chi connectivity index (χ0) is 16.4. The van der Waals surface area contributed by atoms with E-state index < -0.39 is 0 Å². The topological polar surface area (TPSA) is 56.4 Å². The molecule has 1 N–H and O–H groups in total. The van der Waals surface area contributed by atoms with Crippen molar-refractivity contribution in [3.05, 3.63) is 52.8 Å². The monoisotopic (exact) mass is 331 g/mol. The molecule has 0 unspecified atom stereocenters. The van der Waals surface area contributed by atoms with E-state index in [4.69, 9.17) is 11.6 Å². The van der Waals surface area contributed by atoms with E-state index in [2.05, 4.69) is 9.88 Å². The van der Waals surface area contributed by atoms with Crippen molar-refractivity contribution in [2.75, 3.05) is 31.1 Å². The molecular weight excluding hydrogens is 314 g/mol. The molecule has 1 fully saturated rings. The van der Waals surface area contributed by atoms with Gasteiger partial charge >= 0.3 is 0 Å². The summed E-state index contributed by atoms with van der Waals surface area (Å²) < 4.78 is 0. The van der Waals surface area contributed by atoms with Crippen LogP contribution in [0.1, 0.15) is 27.9 Å². The van der Waals surface area contributed by atoms with Crippen molar-refractivity contribution in [3.63, 3.8) is 0 Å². The van der Waals surface area contributed by atoms with Crippen molar-refractivity contribution >= 4 is 29.0 Å². The van der Waals surface area contributed by atoms with Gasteiger partial charge in [-0.1, -0.05) is 17.7 Å². The van der Waals surface area contributed by atoms with Crippen LogP contribution in [0.4, 0.5) is 5.69 Å². The Bertz CT molecular complexity index is 733. The molecule has 5 nitrogen and oxygen atoms in total. The van der Waals surface area contributed by atoms with Crippen molar-refractivity contribution in [1.82, 2.24) is 9.88 Å². The second-order valence-corrected chi connectivity index (χ2v) is 6.04. The maximum absolute atomic E-state index is 12.5. The first kappa shape index (κ1) is 15.6. The smallest absolute Gasteiger partial charge is 0.270 e. The number of nitrogens with one attached hydrogen (secondary N) is 1. The van der Waals surface area contributed by atoms with Gasteiger partial charge < -0.3 is 14.8 Å². The molecule has 2 heterocycles. The molecule has 120 valence electrons. The van der Waals surface area contributed by atoms with Crippen LogP contribution < -0.4 is 4.90 Å². The predicted molar refractivity (Wildman–Crippen MR) is 90.4 cm³/mol. The molecule has 3 rings (SSSR count). The van der Waals surface area contributed by atoms with Crippen molar-refractivity contribution in [2.45, 2.75) is 6.92 Å². The molecule has 0 spiro atoms. The number of halogens is 1. The van der Waals surface area contributed by atoms with Crippen molar-refractivity contribution in [3.8, 4) is 0 Å². The normalized spacial score (nSPS) is 14.9. The fourth-order valence-corrected chi connectivity index (χ4v) is 2.92. The number of rotatable bonds is 3. The minimum Gasteiger partial charge on any atom is -0.368 e. The minimum absolute atomic E-state index is 0.0664. The zero-order valence-electron chi connectivity index (χ0n) is 12.9. The number of benzene rings is 1. The molecule has 23 heavy (non-hydrogen) atoms. The Morgan fingerprint density at radius 3 is 2.35 bits per heavy atom. The highest BCUT2D eigenvalue weighted by Crippen LogP contribution is 2.21. The molecule has 0 atom stereocenters. The van der Waals surface area contributed by atoms with Gasteiger partial charge in [-0.15, -0.1) is 0 Å². The van der Waals surface area contributed by atoms with E-state index in [1.54, 1.807) is 17.0 Å². The first-order valence-electron chi connectivity index (χ1n) is 7.54. The van der Waals surface area contributed by atoms with E-state index in [-0.39, 0.29) is 11.7 Å². The molecule has 1 aliphatic rings. The Hall–Kier alpha value is -2.27. The number of H-pyrrole nitrogens is 1. The summed E-state index contributed by atoms with van der Waals surface area (Å²) >= 11 is 6.03. The maximum atomic E-state index is 12.5. The van der Waals surface area contributed by atoms with Crippen LogP contribution in [0.3, 0.4) is 0 Å². The number of carbonyl (C=O) groups excluding carboxylic acids is 2. The zero-order valence-corrected chi connectivity index (χ0v) is 13.6. The lowest BCUT2D eigenvalue weighted by Crippen LogP contribution is -2.48. The number of aromatic amines is 1. The molecule has 1 aromatic heterocycles. The van der Waals surface area contributed by atoms with Crippen molar-refractivity contribution in [1.29, 1.82) is 0 Å². The molecule has 0 aliphatic carbocycles. The summed E-state index contributed by atoms with van der Waals surface area (Å²) in [6.07, 6.45) is 0. The van der Waals surface area contributed by atoms with Gasteiger partial charge in [0.1, 0.15) is 5.69 Å². The summed E-state index contributed by atoms with van der Waals surface area (Å²) in [4.78, 5) is 30.7. The molecule has 1 amide bonds. The third-order valence-electron chi connectivity index (χ3n) is 4.04. The van der Waals surface area contributed by atoms with Crippen LogP contribution in [0, 0.1) is 0 Å². The first-order valence-corrected chi connectivity index (χ1v) is 7.92. The minimum atomic E-state index is -0.0742. The number of ketones is 1. The number of amides is 1. The van der Waals surface area contributed by atoms with Gasteiger partial charge in [0.2, 0.25) is 0 Å². The number of aromatic nitrogens is 1. The largest absolute Gasteiger partial charge is 0.368 e. The van der Waals surface area contributed by atoms with Gasteiger partial charge in [-0.05, 0) is 30.3 Å². The molecule has 1 saturated heterocycles. The molecule has 0 saturated carbocycles. The number of carbonyl (C=O) groups is 2. The Labute approximate surface area is 139 Å². The van der Waals surface area contributed by atoms with Gasteiger partial charge in [-0.3, -0.25) is 9.59 Å². The Balaban J connectivity index is 1.64. The second-order valence-electron chi connectivity index (χ2n) is 5.60. The Morgan fingerprint density at radius 1 is 1.04 bits per heavy atom. The lowest BCUT2D eigenvalue weighted by atomic mass is 10.2. The van der Waals surface area contributed by atoms with Crippen molar-refractivity contribution < 1.29 is 9.59 Å². The highest BCUT2D eigenvalue weighted by molar-refractivity contribution is 6.30. The second kappa shape index (κ2) is 6.46. The average Bonchev–Trinajstić information content (AvgIpc) is 3.04. The maximum Gasteiger partial charge on any atom is 0.270 e. The molecule has 6 heteroatoms. The first-order chi connectivity index (χ1) is 11.0. The third-order valence-corrected chi connectivity index (χ3v) is 4.27. The number of hydrogen-bond acceptors (Lipinski definition) is 3. The van der Waals surface area contributed by atoms with E-state index in [0.29, 0.717) is 29.5 Å². The van der Waals surface area contributed by atoms with Crippen LogP contribution in [0.2, 0.25) is 5.02 Å². The fraction of sp³-hybridized carbons (Fsp3) is 0.294. The van der Waals surface area contributed by atoms with E-state index in [1.165, 1.54) is 6.92 Å². The van der Waals surface area contributed by atoms with Crippen LogP contribution in [-0.4, -0.2) is 47.8 Å². The quantitative estimate of drug-likeness (QED) is 0.880. The number of Topliss-reactive ketones (excluding diaryl/α,β-unsaturated/α-hetero) is 1. The summed E-state index contributed by atoms with van der Waals surface area (Å²) in [5.41, 5.74) is 2.00. The lowest BCUT2D eigenvalue weighted by molar-refractivity contribution is 0.0741. The average molecular weight is 332 g/mol. The molecular formula is C17H18ClN3O2. The highest BCUT2D eigenvalue weighted by atomic mass is 35.5. The van der Waals surface area contributed by atoms with Gasteiger partial charge in [0.25, 0.3) is 5.91 Å². The number of nitrogens with zero attached hydrogens (tertiary/aromatic N) is 2. The van der Waals surface area contributed by atoms with Crippen molar-refractivity contribution in [2.24, 2.45) is 0 Å². The lowest BCUT2D eigenvalue weighted by Gasteiger charge is -2.36. The van der Waals surface area contributed by atoms with Gasteiger partial charge in [0.15, 0.2) is 5.78 Å². The fourth-order valence-electron chi connectivity index (χ4n) is 2.74. The molecule has 1 aromatic carbocycles. The summed E-state index contributed by atoms with van der Waals surface area (Å²) in [5.74, 6) is -0.141. The summed E-state index contributed by atoms with van der Waals surface area (Å²) in [7, 11) is 0. The van der Waals surface area contributed by atoms with E-state index >= 15 is 0 Å². The number of hydrogen-bond donors (Lipinski definition) is 1. The molecule has 0 radical (unpaired) electrons. The Morgan fingerprint density at radius 2 is 1.74 bits per heavy atom. The molecule has 2 aromatic rings. The summed E-state index contributed by atoms with van der Waals surface area (Å²) in [6, 6.07) is 11.1. The number of piperazine rings is 1. The van der Waals surface area contributed by atoms with E-state index in [0.717, 1.165) is 18.8 Å². The third kappa shape index (κ3) is 3.40. The van der Waals surface area contributed by atoms with Crippen LogP contribution in [0.15, 0.2) is 36.4 Å². The van der Waals surface area contributed by atoms with E-state index in [9.17, 15) is 9.59 Å². The van der Waals surface area contributed by atoms with Crippen LogP contribution in [0.5, 0.6) is 0 Å². The van der Waals surface area contributed by atoms with Gasteiger partial charge in [0.05, 0.1) is 5.69 Å². The van der Waals surface area contributed by atoms with Crippen LogP contribution in [0.25, 0.3) is 0 Å². The van der Waals surface area contributed by atoms with Gasteiger partial charge in [0, 0.05) is 43.8 Å². The van der Waals surface area contributed by atoms with Crippen LogP contribution >= 0.6 is 11.6 Å². The summed E-state index contributed by atoms with van der Waals surface area (Å²) in [6.45, 7) is 4.27. The van der Waals surface area contributed by atoms with Gasteiger partial charge in [-0.2, -0.15) is 0 Å². The van der Waals surface area contributed by atoms with Gasteiger partial charge in [-0.25, -0.2) is 0 Å². The summed E-state index contributed by atoms with van der Waals surface area (Å²) in [5, 5.41) is 0.712. The standard InChI is InChI=1S/C17H18ClN3O2/c1-12(22)15-5-6-16(19-15)17(23)21-9-7-20(8-10-21)14-4-2-3-13(18)11-14/h2-6,11,19H,7-10H2,1H3. The van der Waals surface area contributed by atoms with E-state index in [1.807, 2.05) is 24.3 Å². The highest BCUT2D eigenvalue weighted by Gasteiger charge is 2.23. The van der Waals surface area contributed by atoms with Crippen LogP contribution in [-0.2, 0) is 0 Å². The molecule has 0 bridgehead atoms. The molecule has 1 aliphatic heterocycles.